The van der Waals surface area contributed by atoms with Crippen LogP contribution in [0.25, 0.3) is 0 Å². The van der Waals surface area contributed by atoms with E-state index < -0.39 is 18.6 Å². The van der Waals surface area contributed by atoms with E-state index in [1.54, 1.807) is 37.1 Å². The molecule has 1 aromatic rings. The molecule has 1 saturated heterocycles. The second kappa shape index (κ2) is 10.3. The van der Waals surface area contributed by atoms with E-state index in [-0.39, 0.29) is 12.0 Å². The fraction of sp³-hybridized carbons (Fsp3) is 0.667. The second-order valence-electron chi connectivity index (χ2n) is 8.08. The second-order valence-corrected chi connectivity index (χ2v) is 8.08. The first-order valence-electron chi connectivity index (χ1n) is 10.0. The maximum atomic E-state index is 12.6. The number of carbonyl (C=O) groups excluding carboxylic acids is 1. The molecule has 0 N–H and O–H groups in total. The zero-order valence-electron chi connectivity index (χ0n) is 17.7. The highest BCUT2D eigenvalue weighted by atomic mass is 19.4. The van der Waals surface area contributed by atoms with Gasteiger partial charge in [-0.15, -0.1) is 0 Å². The van der Waals surface area contributed by atoms with Crippen molar-refractivity contribution in [2.75, 3.05) is 47.3 Å². The fourth-order valence-electron chi connectivity index (χ4n) is 3.47. The summed E-state index contributed by atoms with van der Waals surface area (Å²) in [6, 6.07) is 6.60. The van der Waals surface area contributed by atoms with Gasteiger partial charge in [0.05, 0.1) is 6.42 Å². The monoisotopic (exact) mass is 415 g/mol. The van der Waals surface area contributed by atoms with Gasteiger partial charge in [-0.2, -0.15) is 13.2 Å². The fourth-order valence-corrected chi connectivity index (χ4v) is 3.47. The number of likely N-dealkylation sites (tertiary alicyclic amines) is 1. The van der Waals surface area contributed by atoms with Crippen LogP contribution >= 0.6 is 0 Å². The number of piperidine rings is 1. The number of ether oxygens (including phenoxy) is 1. The Bertz CT molecular complexity index is 659. The predicted octanol–water partition coefficient (Wildman–Crippen LogP) is 3.50. The van der Waals surface area contributed by atoms with Gasteiger partial charge in [-0.05, 0) is 52.1 Å². The summed E-state index contributed by atoms with van der Waals surface area (Å²) in [4.78, 5) is 18.2. The van der Waals surface area contributed by atoms with Crippen molar-refractivity contribution in [3.05, 3.63) is 29.8 Å². The molecule has 2 rings (SSSR count). The summed E-state index contributed by atoms with van der Waals surface area (Å²) in [5.74, 6) is 0.562. The average Bonchev–Trinajstić information content (AvgIpc) is 2.65. The summed E-state index contributed by atoms with van der Waals surface area (Å²) in [6.07, 6.45) is -3.64. The van der Waals surface area contributed by atoms with Crippen LogP contribution in [0.2, 0.25) is 0 Å². The first-order valence-corrected chi connectivity index (χ1v) is 10.0. The molecule has 1 amide bonds. The smallest absolute Gasteiger partial charge is 0.390 e. The highest BCUT2D eigenvalue weighted by Gasteiger charge is 2.34. The number of amides is 1. The van der Waals surface area contributed by atoms with Gasteiger partial charge < -0.3 is 19.4 Å². The lowest BCUT2D eigenvalue weighted by atomic mass is 10.0. The molecular formula is C21H32F3N3O2. The standard InChI is InChI=1S/C21H32F3N3O2/c1-16(15-21(22,23)24)27-10-8-18(9-11-27)29-19-7-5-6-17(14-19)20(28)26(4)13-12-25(2)3/h5-7,14,16,18H,8-13,15H2,1-4H3/t16-/m1/s1. The van der Waals surface area contributed by atoms with E-state index in [2.05, 4.69) is 0 Å². The summed E-state index contributed by atoms with van der Waals surface area (Å²) >= 11 is 0. The van der Waals surface area contributed by atoms with Crippen LogP contribution in [0.3, 0.4) is 0 Å². The molecule has 1 fully saturated rings. The van der Waals surface area contributed by atoms with Gasteiger partial charge in [0, 0.05) is 44.8 Å². The maximum Gasteiger partial charge on any atom is 0.390 e. The van der Waals surface area contributed by atoms with E-state index in [0.29, 0.717) is 43.8 Å². The molecule has 0 aliphatic carbocycles. The first-order chi connectivity index (χ1) is 13.5. The van der Waals surface area contributed by atoms with Crippen molar-refractivity contribution in [1.82, 2.24) is 14.7 Å². The SMILES string of the molecule is C[C@H](CC(F)(F)F)N1CCC(Oc2cccc(C(=O)N(C)CCN(C)C)c2)CC1. The van der Waals surface area contributed by atoms with E-state index in [4.69, 9.17) is 4.74 Å². The van der Waals surface area contributed by atoms with Gasteiger partial charge in [0.25, 0.3) is 5.91 Å². The van der Waals surface area contributed by atoms with Crippen LogP contribution in [0, 0.1) is 0 Å². The Morgan fingerprint density at radius 2 is 1.86 bits per heavy atom. The molecule has 1 aliphatic rings. The molecule has 0 saturated carbocycles. The van der Waals surface area contributed by atoms with Gasteiger partial charge >= 0.3 is 6.18 Å². The highest BCUT2D eigenvalue weighted by molar-refractivity contribution is 5.94. The number of hydrogen-bond donors (Lipinski definition) is 0. The van der Waals surface area contributed by atoms with Crippen molar-refractivity contribution in [1.29, 1.82) is 0 Å². The predicted molar refractivity (Wildman–Crippen MR) is 107 cm³/mol. The van der Waals surface area contributed by atoms with E-state index >= 15 is 0 Å². The zero-order valence-corrected chi connectivity index (χ0v) is 17.7. The van der Waals surface area contributed by atoms with Gasteiger partial charge in [0.1, 0.15) is 11.9 Å². The summed E-state index contributed by atoms with van der Waals surface area (Å²) in [6.45, 7) is 4.19. The average molecular weight is 416 g/mol. The Hall–Kier alpha value is -1.80. The Balaban J connectivity index is 1.87. The molecular weight excluding hydrogens is 383 g/mol. The van der Waals surface area contributed by atoms with Gasteiger partial charge in [-0.1, -0.05) is 6.07 Å². The van der Waals surface area contributed by atoms with E-state index in [1.807, 2.05) is 30.0 Å². The Labute approximate surface area is 171 Å². The van der Waals surface area contributed by atoms with Crippen LogP contribution in [0.1, 0.15) is 36.5 Å². The Morgan fingerprint density at radius 1 is 1.21 bits per heavy atom. The third-order valence-electron chi connectivity index (χ3n) is 5.24. The Morgan fingerprint density at radius 3 is 2.45 bits per heavy atom. The number of benzene rings is 1. The maximum absolute atomic E-state index is 12.6. The number of likely N-dealkylation sites (N-methyl/N-ethyl adjacent to an activating group) is 2. The third kappa shape index (κ3) is 7.85. The summed E-state index contributed by atoms with van der Waals surface area (Å²) in [7, 11) is 5.70. The molecule has 1 aliphatic heterocycles. The summed E-state index contributed by atoms with van der Waals surface area (Å²) in [5.41, 5.74) is 0.569. The van der Waals surface area contributed by atoms with Crippen molar-refractivity contribution < 1.29 is 22.7 Å². The lowest BCUT2D eigenvalue weighted by Gasteiger charge is -2.36. The van der Waals surface area contributed by atoms with Gasteiger partial charge in [-0.25, -0.2) is 0 Å². The number of hydrogen-bond acceptors (Lipinski definition) is 4. The third-order valence-corrected chi connectivity index (χ3v) is 5.24. The normalized spacial score (nSPS) is 17.4. The summed E-state index contributed by atoms with van der Waals surface area (Å²) in [5, 5.41) is 0. The van der Waals surface area contributed by atoms with Crippen molar-refractivity contribution in [2.45, 2.75) is 44.5 Å². The van der Waals surface area contributed by atoms with Gasteiger partial charge in [0.2, 0.25) is 0 Å². The minimum absolute atomic E-state index is 0.0545. The van der Waals surface area contributed by atoms with Crippen LogP contribution in [0.4, 0.5) is 13.2 Å². The van der Waals surface area contributed by atoms with Crippen molar-refractivity contribution in [2.24, 2.45) is 0 Å². The lowest BCUT2D eigenvalue weighted by molar-refractivity contribution is -0.147. The molecule has 0 radical (unpaired) electrons. The van der Waals surface area contributed by atoms with Crippen LogP contribution in [0.15, 0.2) is 24.3 Å². The van der Waals surface area contributed by atoms with Crippen molar-refractivity contribution >= 4 is 5.91 Å². The molecule has 0 spiro atoms. The van der Waals surface area contributed by atoms with E-state index in [9.17, 15) is 18.0 Å². The molecule has 1 heterocycles. The minimum Gasteiger partial charge on any atom is -0.490 e. The topological polar surface area (TPSA) is 36.0 Å². The van der Waals surface area contributed by atoms with Gasteiger partial charge in [-0.3, -0.25) is 4.79 Å². The summed E-state index contributed by atoms with van der Waals surface area (Å²) < 4.78 is 43.8. The Kier molecular flexibility index (Phi) is 8.34. The molecule has 0 unspecified atom stereocenters. The van der Waals surface area contributed by atoms with E-state index in [0.717, 1.165) is 6.54 Å². The molecule has 29 heavy (non-hydrogen) atoms. The number of halogens is 3. The number of carbonyl (C=O) groups is 1. The largest absolute Gasteiger partial charge is 0.490 e. The molecule has 8 heteroatoms. The number of alkyl halides is 3. The number of nitrogens with zero attached hydrogens (tertiary/aromatic N) is 3. The molecule has 0 aromatic heterocycles. The molecule has 1 aromatic carbocycles. The van der Waals surface area contributed by atoms with Crippen molar-refractivity contribution in [3.8, 4) is 5.75 Å². The minimum atomic E-state index is -4.14. The van der Waals surface area contributed by atoms with Crippen LogP contribution in [-0.2, 0) is 0 Å². The molecule has 0 bridgehead atoms. The van der Waals surface area contributed by atoms with Crippen LogP contribution in [-0.4, -0.2) is 86.3 Å². The molecule has 1 atom stereocenters. The van der Waals surface area contributed by atoms with Crippen molar-refractivity contribution in [3.63, 3.8) is 0 Å². The van der Waals surface area contributed by atoms with Gasteiger partial charge in [0.15, 0.2) is 0 Å². The zero-order chi connectivity index (χ0) is 21.6. The van der Waals surface area contributed by atoms with Crippen LogP contribution < -0.4 is 4.74 Å². The first kappa shape index (κ1) is 23.5. The van der Waals surface area contributed by atoms with Crippen LogP contribution in [0.5, 0.6) is 5.75 Å². The quantitative estimate of drug-likeness (QED) is 0.651. The van der Waals surface area contributed by atoms with E-state index in [1.165, 1.54) is 0 Å². The highest BCUT2D eigenvalue weighted by Crippen LogP contribution is 2.27. The number of rotatable bonds is 8. The molecule has 5 nitrogen and oxygen atoms in total. The molecule has 164 valence electrons. The lowest BCUT2D eigenvalue weighted by Crippen LogP contribution is -2.44.